The van der Waals surface area contributed by atoms with E-state index in [2.05, 4.69) is 4.72 Å². The molecule has 0 spiro atoms. The average Bonchev–Trinajstić information content (AvgIpc) is 2.63. The van der Waals surface area contributed by atoms with Crippen molar-refractivity contribution in [1.29, 1.82) is 0 Å². The second-order valence-corrected chi connectivity index (χ2v) is 8.32. The number of alkyl halides is 6. The third-order valence-electron chi connectivity index (χ3n) is 4.29. The molecular weight excluding hydrogens is 434 g/mol. The first kappa shape index (κ1) is 24.0. The molecule has 30 heavy (non-hydrogen) atoms. The monoisotopic (exact) mass is 454 g/mol. The Morgan fingerprint density at radius 2 is 1.50 bits per heavy atom. The number of sulfonamides is 1. The molecule has 4 nitrogen and oxygen atoms in total. The van der Waals surface area contributed by atoms with Crippen LogP contribution in [-0.4, -0.2) is 28.1 Å². The van der Waals surface area contributed by atoms with Gasteiger partial charge in [-0.15, -0.1) is 0 Å². The van der Waals surface area contributed by atoms with Crippen molar-refractivity contribution in [3.63, 3.8) is 0 Å². The van der Waals surface area contributed by atoms with Crippen LogP contribution in [0.2, 0.25) is 0 Å². The molecule has 0 fully saturated rings. The second-order valence-electron chi connectivity index (χ2n) is 6.56. The highest BCUT2D eigenvalue weighted by atomic mass is 32.2. The van der Waals surface area contributed by atoms with Crippen LogP contribution in [0.4, 0.5) is 32.0 Å². The molecule has 2 rings (SSSR count). The van der Waals surface area contributed by atoms with E-state index in [0.717, 1.165) is 11.3 Å². The molecule has 1 N–H and O–H groups in total. The summed E-state index contributed by atoms with van der Waals surface area (Å²) in [6.07, 6.45) is -10.3. The van der Waals surface area contributed by atoms with E-state index in [9.17, 15) is 34.8 Å². The third-order valence-corrected chi connectivity index (χ3v) is 5.73. The van der Waals surface area contributed by atoms with Gasteiger partial charge in [-0.05, 0) is 49.7 Å². The zero-order valence-corrected chi connectivity index (χ0v) is 16.9. The fourth-order valence-corrected chi connectivity index (χ4v) is 3.87. The number of rotatable bonds is 7. The number of aryl methyl sites for hydroxylation is 1. The van der Waals surface area contributed by atoms with Crippen molar-refractivity contribution in [1.82, 2.24) is 4.72 Å². The van der Waals surface area contributed by atoms with Crippen molar-refractivity contribution in [3.8, 4) is 0 Å². The molecule has 0 heterocycles. The molecule has 0 aliphatic carbocycles. The number of nitrogens with one attached hydrogen (secondary N) is 1. The number of anilines is 1. The van der Waals surface area contributed by atoms with Crippen molar-refractivity contribution in [2.24, 2.45) is 0 Å². The second kappa shape index (κ2) is 8.84. The number of halogens is 6. The summed E-state index contributed by atoms with van der Waals surface area (Å²) in [6.45, 7) is 4.20. The molecule has 0 atom stereocenters. The summed E-state index contributed by atoms with van der Waals surface area (Å²) in [7, 11) is -4.60. The van der Waals surface area contributed by atoms with Crippen LogP contribution in [0.25, 0.3) is 0 Å². The van der Waals surface area contributed by atoms with Crippen LogP contribution in [0.5, 0.6) is 0 Å². The van der Waals surface area contributed by atoms with Gasteiger partial charge in [-0.2, -0.15) is 26.3 Å². The zero-order valence-electron chi connectivity index (χ0n) is 16.1. The van der Waals surface area contributed by atoms with E-state index in [1.165, 1.54) is 0 Å². The van der Waals surface area contributed by atoms with E-state index in [4.69, 9.17) is 0 Å². The molecule has 0 radical (unpaired) electrons. The average molecular weight is 454 g/mol. The summed E-state index contributed by atoms with van der Waals surface area (Å²) < 4.78 is 105. The Kier molecular flexibility index (Phi) is 7.08. The molecule has 0 saturated heterocycles. The Hall–Kier alpha value is -2.27. The van der Waals surface area contributed by atoms with Gasteiger partial charge in [-0.3, -0.25) is 0 Å². The molecule has 0 amide bonds. The number of nitrogens with zero attached hydrogens (tertiary/aromatic N) is 1. The fraction of sp³-hybridized carbons (Fsp3) is 0.368. The zero-order chi connectivity index (χ0) is 22.7. The molecule has 2 aromatic rings. The van der Waals surface area contributed by atoms with Crippen molar-refractivity contribution in [2.75, 3.05) is 24.5 Å². The van der Waals surface area contributed by atoms with E-state index < -0.39 is 38.4 Å². The smallest absolute Gasteiger partial charge is 0.370 e. The Morgan fingerprint density at radius 3 is 1.97 bits per heavy atom. The maximum absolute atomic E-state index is 13.0. The van der Waals surface area contributed by atoms with E-state index in [1.54, 1.807) is 0 Å². The van der Waals surface area contributed by atoms with Gasteiger partial charge in [0.05, 0.1) is 16.0 Å². The summed E-state index contributed by atoms with van der Waals surface area (Å²) in [5.41, 5.74) is -1.58. The van der Waals surface area contributed by atoms with Crippen molar-refractivity contribution >= 4 is 15.7 Å². The Balaban J connectivity index is 2.24. The predicted molar refractivity (Wildman–Crippen MR) is 101 cm³/mol. The number of hydrogen-bond donors (Lipinski definition) is 1. The minimum atomic E-state index is -5.13. The Bertz CT molecular complexity index is 955. The first-order valence-corrected chi connectivity index (χ1v) is 10.3. The van der Waals surface area contributed by atoms with E-state index in [0.29, 0.717) is 6.54 Å². The highest BCUT2D eigenvalue weighted by Gasteiger charge is 2.38. The third kappa shape index (κ3) is 6.11. The molecule has 0 aliphatic rings. The van der Waals surface area contributed by atoms with Crippen LogP contribution in [-0.2, 0) is 22.4 Å². The molecule has 166 valence electrons. The SMILES string of the molecule is CCN(CCNS(=O)(=O)c1cc(C(F)(F)F)cc(C(F)(F)F)c1)c1cccc(C)c1. The molecule has 11 heteroatoms. The highest BCUT2D eigenvalue weighted by Crippen LogP contribution is 2.37. The molecule has 0 aromatic heterocycles. The first-order chi connectivity index (χ1) is 13.7. The van der Waals surface area contributed by atoms with Crippen LogP contribution in [0.15, 0.2) is 47.4 Å². The summed E-state index contributed by atoms with van der Waals surface area (Å²) in [5, 5.41) is 0. The van der Waals surface area contributed by atoms with Gasteiger partial charge in [0.2, 0.25) is 10.0 Å². The van der Waals surface area contributed by atoms with Gasteiger partial charge >= 0.3 is 12.4 Å². The van der Waals surface area contributed by atoms with Crippen molar-refractivity contribution in [3.05, 3.63) is 59.2 Å². The highest BCUT2D eigenvalue weighted by molar-refractivity contribution is 7.89. The number of hydrogen-bond acceptors (Lipinski definition) is 3. The van der Waals surface area contributed by atoms with Gasteiger partial charge in [0.1, 0.15) is 0 Å². The van der Waals surface area contributed by atoms with E-state index >= 15 is 0 Å². The van der Waals surface area contributed by atoms with Crippen molar-refractivity contribution < 1.29 is 34.8 Å². The minimum absolute atomic E-state index is 0.116. The number of likely N-dealkylation sites (N-methyl/N-ethyl adjacent to an activating group) is 1. The van der Waals surface area contributed by atoms with Gasteiger partial charge in [0, 0.05) is 25.3 Å². The lowest BCUT2D eigenvalue weighted by atomic mass is 10.1. The lowest BCUT2D eigenvalue weighted by molar-refractivity contribution is -0.143. The van der Waals surface area contributed by atoms with Gasteiger partial charge in [0.25, 0.3) is 0 Å². The van der Waals surface area contributed by atoms with Crippen LogP contribution in [0.3, 0.4) is 0 Å². The molecule has 0 aliphatic heterocycles. The van der Waals surface area contributed by atoms with Crippen LogP contribution < -0.4 is 9.62 Å². The summed E-state index contributed by atoms with van der Waals surface area (Å²) >= 11 is 0. The predicted octanol–water partition coefficient (Wildman–Crippen LogP) is 4.84. The minimum Gasteiger partial charge on any atom is -0.370 e. The van der Waals surface area contributed by atoms with Crippen molar-refractivity contribution in [2.45, 2.75) is 31.1 Å². The number of benzene rings is 2. The lowest BCUT2D eigenvalue weighted by Gasteiger charge is -2.23. The largest absolute Gasteiger partial charge is 0.416 e. The normalized spacial score (nSPS) is 12.8. The molecule has 0 bridgehead atoms. The topological polar surface area (TPSA) is 49.4 Å². The fourth-order valence-electron chi connectivity index (χ4n) is 2.77. The summed E-state index contributed by atoms with van der Waals surface area (Å²) in [6, 6.07) is 7.65. The van der Waals surface area contributed by atoms with Crippen LogP contribution >= 0.6 is 0 Å². The van der Waals surface area contributed by atoms with Gasteiger partial charge in [-0.1, -0.05) is 12.1 Å². The lowest BCUT2D eigenvalue weighted by Crippen LogP contribution is -2.35. The molecule has 0 saturated carbocycles. The van der Waals surface area contributed by atoms with Gasteiger partial charge < -0.3 is 4.90 Å². The van der Waals surface area contributed by atoms with Crippen LogP contribution in [0, 0.1) is 6.92 Å². The first-order valence-electron chi connectivity index (χ1n) is 8.85. The molecule has 0 unspecified atom stereocenters. The molecular formula is C19H20F6N2O2S. The van der Waals surface area contributed by atoms with E-state index in [1.807, 2.05) is 43.0 Å². The van der Waals surface area contributed by atoms with Gasteiger partial charge in [-0.25, -0.2) is 13.1 Å². The summed E-state index contributed by atoms with van der Waals surface area (Å²) in [4.78, 5) is 0.728. The summed E-state index contributed by atoms with van der Waals surface area (Å²) in [5.74, 6) is 0. The van der Waals surface area contributed by atoms with E-state index in [-0.39, 0.29) is 31.3 Å². The maximum atomic E-state index is 13.0. The van der Waals surface area contributed by atoms with Crippen LogP contribution in [0.1, 0.15) is 23.6 Å². The maximum Gasteiger partial charge on any atom is 0.416 e. The Labute approximate surface area is 170 Å². The van der Waals surface area contributed by atoms with Gasteiger partial charge in [0.15, 0.2) is 0 Å². The Morgan fingerprint density at radius 1 is 0.933 bits per heavy atom. The molecule has 2 aromatic carbocycles. The quantitative estimate of drug-likeness (QED) is 0.610. The standard InChI is InChI=1S/C19H20F6N2O2S/c1-3-27(16-6-4-5-13(2)9-16)8-7-26-30(28,29)17-11-14(18(20,21)22)10-15(12-17)19(23,24)25/h4-6,9-12,26H,3,7-8H2,1-2H3.